The Kier molecular flexibility index (Phi) is 3.80. The third-order valence-electron chi connectivity index (χ3n) is 3.05. The Labute approximate surface area is 130 Å². The summed E-state index contributed by atoms with van der Waals surface area (Å²) in [5, 5.41) is 20.9. The van der Waals surface area contributed by atoms with Crippen LogP contribution in [-0.4, -0.2) is 16.2 Å². The number of phenolic OH excluding ortho intramolecular Hbond substituents is 1. The fourth-order valence-electron chi connectivity index (χ4n) is 2.01. The molecule has 2 aromatic carbocycles. The molecule has 0 saturated heterocycles. The molecule has 3 rings (SSSR count). The van der Waals surface area contributed by atoms with Crippen LogP contribution in [0.3, 0.4) is 0 Å². The minimum atomic E-state index is -0.978. The minimum Gasteiger partial charge on any atom is -0.508 e. The van der Waals surface area contributed by atoms with Crippen molar-refractivity contribution in [2.75, 3.05) is 0 Å². The molecule has 0 bridgehead atoms. The molecule has 0 spiro atoms. The van der Waals surface area contributed by atoms with Crippen molar-refractivity contribution in [3.8, 4) is 17.2 Å². The SMILES string of the molecule is O=C(O)/C=C/c1ccc(Oc2csc3cc(O)ccc23)cc1. The summed E-state index contributed by atoms with van der Waals surface area (Å²) < 4.78 is 6.80. The number of aliphatic carboxylic acids is 1. The molecule has 0 saturated carbocycles. The maximum atomic E-state index is 10.5. The Morgan fingerprint density at radius 2 is 1.91 bits per heavy atom. The maximum absolute atomic E-state index is 10.5. The predicted octanol–water partition coefficient (Wildman–Crippen LogP) is 4.50. The molecule has 0 fully saturated rings. The van der Waals surface area contributed by atoms with Crippen LogP contribution in [0.25, 0.3) is 16.2 Å². The number of carboxylic acid groups (broad SMARTS) is 1. The van der Waals surface area contributed by atoms with Crippen LogP contribution >= 0.6 is 11.3 Å². The first-order valence-corrected chi connectivity index (χ1v) is 7.39. The van der Waals surface area contributed by atoms with Crippen LogP contribution in [0.4, 0.5) is 0 Å². The molecule has 4 nitrogen and oxygen atoms in total. The van der Waals surface area contributed by atoms with Gasteiger partial charge in [0.2, 0.25) is 0 Å². The molecule has 5 heteroatoms. The molecule has 0 aliphatic rings. The van der Waals surface area contributed by atoms with Gasteiger partial charge < -0.3 is 14.9 Å². The molecule has 0 unspecified atom stereocenters. The highest BCUT2D eigenvalue weighted by molar-refractivity contribution is 7.17. The molecule has 110 valence electrons. The summed E-state index contributed by atoms with van der Waals surface area (Å²) in [6.07, 6.45) is 2.61. The van der Waals surface area contributed by atoms with E-state index in [0.717, 1.165) is 27.5 Å². The standard InChI is InChI=1S/C17H12O4S/c18-12-4-7-14-15(10-22-16(14)9-12)21-13-5-1-11(2-6-13)3-8-17(19)20/h1-10,18H,(H,19,20)/b8-3+. The van der Waals surface area contributed by atoms with Crippen LogP contribution in [0.1, 0.15) is 5.56 Å². The van der Waals surface area contributed by atoms with Gasteiger partial charge in [0.1, 0.15) is 17.2 Å². The van der Waals surface area contributed by atoms with E-state index in [1.54, 1.807) is 36.4 Å². The molecular formula is C17H12O4S. The summed E-state index contributed by atoms with van der Waals surface area (Å²) >= 11 is 1.50. The molecule has 0 radical (unpaired) electrons. The lowest BCUT2D eigenvalue weighted by molar-refractivity contribution is -0.131. The van der Waals surface area contributed by atoms with E-state index >= 15 is 0 Å². The quantitative estimate of drug-likeness (QED) is 0.696. The molecule has 0 atom stereocenters. The summed E-state index contributed by atoms with van der Waals surface area (Å²) in [6, 6.07) is 12.3. The highest BCUT2D eigenvalue weighted by Gasteiger charge is 2.07. The Balaban J connectivity index is 1.81. The molecule has 2 N–H and O–H groups in total. The zero-order valence-electron chi connectivity index (χ0n) is 11.4. The van der Waals surface area contributed by atoms with E-state index < -0.39 is 5.97 Å². The second kappa shape index (κ2) is 5.91. The number of carboxylic acids is 1. The summed E-state index contributed by atoms with van der Waals surface area (Å²) in [5.41, 5.74) is 0.787. The van der Waals surface area contributed by atoms with Crippen LogP contribution in [0.2, 0.25) is 0 Å². The van der Waals surface area contributed by atoms with Crippen molar-refractivity contribution in [2.24, 2.45) is 0 Å². The number of benzene rings is 2. The molecule has 0 aliphatic heterocycles. The third-order valence-corrected chi connectivity index (χ3v) is 3.97. The van der Waals surface area contributed by atoms with Gasteiger partial charge in [0, 0.05) is 21.5 Å². The Hall–Kier alpha value is -2.79. The van der Waals surface area contributed by atoms with Crippen molar-refractivity contribution < 1.29 is 19.7 Å². The number of hydrogen-bond acceptors (Lipinski definition) is 4. The van der Waals surface area contributed by atoms with Gasteiger partial charge in [-0.05, 0) is 42.0 Å². The smallest absolute Gasteiger partial charge is 0.328 e. The Morgan fingerprint density at radius 1 is 1.14 bits per heavy atom. The highest BCUT2D eigenvalue weighted by Crippen LogP contribution is 2.36. The number of aromatic hydroxyl groups is 1. The number of rotatable bonds is 4. The van der Waals surface area contributed by atoms with Gasteiger partial charge in [-0.2, -0.15) is 0 Å². The zero-order valence-corrected chi connectivity index (χ0v) is 12.2. The van der Waals surface area contributed by atoms with Crippen molar-refractivity contribution in [1.29, 1.82) is 0 Å². The Morgan fingerprint density at radius 3 is 2.64 bits per heavy atom. The van der Waals surface area contributed by atoms with E-state index in [2.05, 4.69) is 0 Å². The first-order chi connectivity index (χ1) is 10.6. The number of thiophene rings is 1. The van der Waals surface area contributed by atoms with Crippen LogP contribution in [0, 0.1) is 0 Å². The second-order valence-electron chi connectivity index (χ2n) is 4.62. The lowest BCUT2D eigenvalue weighted by Gasteiger charge is -2.04. The van der Waals surface area contributed by atoms with Crippen LogP contribution < -0.4 is 4.74 Å². The van der Waals surface area contributed by atoms with E-state index in [4.69, 9.17) is 9.84 Å². The molecule has 1 aromatic heterocycles. The lowest BCUT2D eigenvalue weighted by Crippen LogP contribution is -1.86. The van der Waals surface area contributed by atoms with Gasteiger partial charge in [-0.3, -0.25) is 0 Å². The first-order valence-electron chi connectivity index (χ1n) is 6.51. The summed E-state index contributed by atoms with van der Waals surface area (Å²) in [5.74, 6) is 0.651. The fourth-order valence-corrected chi connectivity index (χ4v) is 2.91. The molecule has 3 aromatic rings. The second-order valence-corrected chi connectivity index (χ2v) is 5.53. The average Bonchev–Trinajstić information content (AvgIpc) is 2.88. The van der Waals surface area contributed by atoms with Crippen LogP contribution in [0.15, 0.2) is 53.9 Å². The average molecular weight is 312 g/mol. The van der Waals surface area contributed by atoms with Gasteiger partial charge in [-0.15, -0.1) is 11.3 Å². The van der Waals surface area contributed by atoms with E-state index in [0.29, 0.717) is 5.75 Å². The topological polar surface area (TPSA) is 66.8 Å². The molecular weight excluding hydrogens is 300 g/mol. The van der Waals surface area contributed by atoms with Gasteiger partial charge >= 0.3 is 5.97 Å². The van der Waals surface area contributed by atoms with Crippen molar-refractivity contribution in [3.63, 3.8) is 0 Å². The van der Waals surface area contributed by atoms with Gasteiger partial charge in [0.25, 0.3) is 0 Å². The van der Waals surface area contributed by atoms with Crippen molar-refractivity contribution in [1.82, 2.24) is 0 Å². The van der Waals surface area contributed by atoms with Gasteiger partial charge in [0.05, 0.1) is 0 Å². The first kappa shape index (κ1) is 14.2. The maximum Gasteiger partial charge on any atom is 0.328 e. The number of hydrogen-bond donors (Lipinski definition) is 2. The predicted molar refractivity (Wildman–Crippen MR) is 86.7 cm³/mol. The van der Waals surface area contributed by atoms with Gasteiger partial charge in [-0.25, -0.2) is 4.79 Å². The van der Waals surface area contributed by atoms with E-state index in [-0.39, 0.29) is 5.75 Å². The molecule has 0 aliphatic carbocycles. The summed E-state index contributed by atoms with van der Waals surface area (Å²) in [7, 11) is 0. The van der Waals surface area contributed by atoms with Crippen molar-refractivity contribution in [3.05, 3.63) is 59.5 Å². The van der Waals surface area contributed by atoms with Gasteiger partial charge in [0.15, 0.2) is 0 Å². The summed E-state index contributed by atoms with van der Waals surface area (Å²) in [6.45, 7) is 0. The van der Waals surface area contributed by atoms with E-state index in [1.807, 2.05) is 11.4 Å². The monoisotopic (exact) mass is 312 g/mol. The zero-order chi connectivity index (χ0) is 15.5. The Bertz CT molecular complexity index is 847. The highest BCUT2D eigenvalue weighted by atomic mass is 32.1. The van der Waals surface area contributed by atoms with Crippen LogP contribution in [-0.2, 0) is 4.79 Å². The number of carbonyl (C=O) groups is 1. The number of ether oxygens (including phenoxy) is 1. The normalized spacial score (nSPS) is 11.1. The van der Waals surface area contributed by atoms with E-state index in [1.165, 1.54) is 17.4 Å². The van der Waals surface area contributed by atoms with Crippen molar-refractivity contribution >= 4 is 33.5 Å². The number of fused-ring (bicyclic) bond motifs is 1. The van der Waals surface area contributed by atoms with Crippen molar-refractivity contribution in [2.45, 2.75) is 0 Å². The number of phenols is 1. The van der Waals surface area contributed by atoms with Gasteiger partial charge in [-0.1, -0.05) is 12.1 Å². The largest absolute Gasteiger partial charge is 0.508 e. The molecule has 22 heavy (non-hydrogen) atoms. The molecule has 1 heterocycles. The molecule has 0 amide bonds. The fraction of sp³-hybridized carbons (Fsp3) is 0. The lowest BCUT2D eigenvalue weighted by atomic mass is 10.2. The minimum absolute atomic E-state index is 0.232. The summed E-state index contributed by atoms with van der Waals surface area (Å²) in [4.78, 5) is 10.5. The third kappa shape index (κ3) is 3.10. The van der Waals surface area contributed by atoms with Crippen LogP contribution in [0.5, 0.6) is 17.2 Å². The van der Waals surface area contributed by atoms with E-state index in [9.17, 15) is 9.90 Å².